The molecule has 0 aromatic rings. The predicted octanol–water partition coefficient (Wildman–Crippen LogP) is 3.53. The number of esters is 1. The van der Waals surface area contributed by atoms with Crippen LogP contribution in [0.2, 0.25) is 0 Å². The molecule has 0 bridgehead atoms. The van der Waals surface area contributed by atoms with Gasteiger partial charge in [-0.3, -0.25) is 14.8 Å². The van der Waals surface area contributed by atoms with Gasteiger partial charge in [0.1, 0.15) is 6.10 Å². The molecule has 2 rings (SSSR count). The molecule has 0 aromatic heterocycles. The van der Waals surface area contributed by atoms with Crippen LogP contribution in [0.1, 0.15) is 73.1 Å². The fraction of sp³-hybridized carbons (Fsp3) is 0.760. The number of fused-ring (bicyclic) bond motifs is 1. The predicted molar refractivity (Wildman–Crippen MR) is 122 cm³/mol. The van der Waals surface area contributed by atoms with Gasteiger partial charge in [0.25, 0.3) is 0 Å². The maximum atomic E-state index is 12.9. The molecule has 2 aliphatic rings. The van der Waals surface area contributed by atoms with Crippen molar-refractivity contribution in [3.63, 3.8) is 0 Å². The van der Waals surface area contributed by atoms with Crippen molar-refractivity contribution in [3.05, 3.63) is 23.8 Å². The third kappa shape index (κ3) is 6.90. The van der Waals surface area contributed by atoms with Crippen LogP contribution in [0.3, 0.4) is 0 Å². The number of hydrogen-bond acceptors (Lipinski definition) is 6. The molecular formula is C25H41NO6. The van der Waals surface area contributed by atoms with Gasteiger partial charge < -0.3 is 14.9 Å². The lowest BCUT2D eigenvalue weighted by Crippen LogP contribution is -2.43. The smallest absolute Gasteiger partial charge is 0.311 e. The highest BCUT2D eigenvalue weighted by Gasteiger charge is 2.42. The summed E-state index contributed by atoms with van der Waals surface area (Å²) in [5.41, 5.74) is 2.17. The third-order valence-corrected chi connectivity index (χ3v) is 7.21. The van der Waals surface area contributed by atoms with Crippen molar-refractivity contribution in [2.24, 2.45) is 29.1 Å². The Morgan fingerprint density at radius 2 is 1.94 bits per heavy atom. The quantitative estimate of drug-likeness (QED) is 0.229. The van der Waals surface area contributed by atoms with Gasteiger partial charge in [-0.25, -0.2) is 5.48 Å². The monoisotopic (exact) mass is 451 g/mol. The number of amides is 1. The molecular weight excluding hydrogens is 410 g/mol. The van der Waals surface area contributed by atoms with Crippen LogP contribution in [0, 0.1) is 29.1 Å². The van der Waals surface area contributed by atoms with Gasteiger partial charge in [-0.1, -0.05) is 39.0 Å². The fourth-order valence-electron chi connectivity index (χ4n) is 4.82. The highest BCUT2D eigenvalue weighted by Crippen LogP contribution is 2.45. The second-order valence-electron chi connectivity index (χ2n) is 10.3. The number of aliphatic hydroxyl groups is 2. The maximum Gasteiger partial charge on any atom is 0.311 e. The summed E-state index contributed by atoms with van der Waals surface area (Å²) in [5.74, 6) is 0.0317. The van der Waals surface area contributed by atoms with Crippen molar-refractivity contribution in [1.29, 1.82) is 0 Å². The van der Waals surface area contributed by atoms with Crippen molar-refractivity contribution in [2.45, 2.75) is 91.5 Å². The zero-order valence-electron chi connectivity index (χ0n) is 20.1. The van der Waals surface area contributed by atoms with E-state index >= 15 is 0 Å². The van der Waals surface area contributed by atoms with Crippen LogP contribution < -0.4 is 5.48 Å². The van der Waals surface area contributed by atoms with Gasteiger partial charge in [-0.05, 0) is 69.3 Å². The lowest BCUT2D eigenvalue weighted by Gasteiger charge is -2.44. The minimum atomic E-state index is -1.02. The lowest BCUT2D eigenvalue weighted by atomic mass is 9.65. The second kappa shape index (κ2) is 11.4. The molecule has 7 heteroatoms. The molecule has 0 radical (unpaired) electrons. The van der Waals surface area contributed by atoms with Crippen LogP contribution in [0.25, 0.3) is 0 Å². The molecule has 7 atom stereocenters. The van der Waals surface area contributed by atoms with Crippen LogP contribution >= 0.6 is 0 Å². The number of hydroxylamine groups is 1. The average molecular weight is 452 g/mol. The van der Waals surface area contributed by atoms with E-state index in [4.69, 9.17) is 9.94 Å². The Kier molecular flexibility index (Phi) is 9.49. The molecule has 0 fully saturated rings. The highest BCUT2D eigenvalue weighted by atomic mass is 16.5. The minimum Gasteiger partial charge on any atom is -0.461 e. The summed E-state index contributed by atoms with van der Waals surface area (Å²) >= 11 is 0. The maximum absolute atomic E-state index is 12.9. The number of allylic oxidation sites excluding steroid dienone is 3. The normalized spacial score (nSPS) is 29.5. The molecule has 2 aliphatic carbocycles. The molecule has 0 spiro atoms. The van der Waals surface area contributed by atoms with Crippen molar-refractivity contribution in [2.75, 3.05) is 0 Å². The Hall–Kier alpha value is -1.70. The number of rotatable bonds is 10. The average Bonchev–Trinajstić information content (AvgIpc) is 2.72. The molecule has 1 unspecified atom stereocenters. The highest BCUT2D eigenvalue weighted by molar-refractivity contribution is 5.76. The molecule has 32 heavy (non-hydrogen) atoms. The summed E-state index contributed by atoms with van der Waals surface area (Å²) in [5, 5.41) is 29.0. The van der Waals surface area contributed by atoms with E-state index in [9.17, 15) is 19.8 Å². The Balaban J connectivity index is 2.10. The molecule has 0 aromatic carbocycles. The van der Waals surface area contributed by atoms with Crippen LogP contribution in [0.15, 0.2) is 23.8 Å². The van der Waals surface area contributed by atoms with Crippen LogP contribution in [-0.4, -0.2) is 45.6 Å². The summed E-state index contributed by atoms with van der Waals surface area (Å²) in [6.45, 7) is 10.1. The number of ether oxygens (including phenoxy) is 1. The first-order chi connectivity index (χ1) is 15.0. The van der Waals surface area contributed by atoms with Crippen LogP contribution in [0.5, 0.6) is 0 Å². The number of carbonyl (C=O) groups excluding carboxylic acids is 2. The molecule has 4 N–H and O–H groups in total. The van der Waals surface area contributed by atoms with Crippen molar-refractivity contribution < 1.29 is 29.7 Å². The van der Waals surface area contributed by atoms with Gasteiger partial charge in [0.05, 0.1) is 24.0 Å². The number of aliphatic hydroxyl groups excluding tert-OH is 2. The fourth-order valence-corrected chi connectivity index (χ4v) is 4.82. The van der Waals surface area contributed by atoms with Crippen LogP contribution in [-0.2, 0) is 14.3 Å². The van der Waals surface area contributed by atoms with E-state index in [-0.39, 0.29) is 42.7 Å². The van der Waals surface area contributed by atoms with Gasteiger partial charge in [0.15, 0.2) is 0 Å². The molecule has 182 valence electrons. The first-order valence-electron chi connectivity index (χ1n) is 11.9. The van der Waals surface area contributed by atoms with Gasteiger partial charge in [-0.2, -0.15) is 0 Å². The number of carbonyl (C=O) groups is 2. The van der Waals surface area contributed by atoms with E-state index in [1.807, 2.05) is 20.8 Å². The summed E-state index contributed by atoms with van der Waals surface area (Å²) in [7, 11) is 0. The van der Waals surface area contributed by atoms with E-state index in [0.29, 0.717) is 25.2 Å². The Morgan fingerprint density at radius 3 is 2.56 bits per heavy atom. The Labute approximate surface area is 191 Å². The number of hydrogen-bond donors (Lipinski definition) is 4. The van der Waals surface area contributed by atoms with Crippen molar-refractivity contribution in [3.8, 4) is 0 Å². The summed E-state index contributed by atoms with van der Waals surface area (Å²) in [6, 6.07) is 0. The van der Waals surface area contributed by atoms with Gasteiger partial charge in [-0.15, -0.1) is 0 Å². The van der Waals surface area contributed by atoms with Crippen molar-refractivity contribution in [1.82, 2.24) is 5.48 Å². The zero-order valence-corrected chi connectivity index (χ0v) is 20.1. The topological polar surface area (TPSA) is 116 Å². The van der Waals surface area contributed by atoms with E-state index in [0.717, 1.165) is 6.42 Å². The SMILES string of the molecule is CCC(C)(C)C(=O)O[C@H]1C[C@@H](C)C=C2C=CC(C)[C@H](CC[C@@H](O)C[C@@H](O)CC(=O)NO)[C@H]21. The number of nitrogens with one attached hydrogen (secondary N) is 1. The molecule has 7 nitrogen and oxygen atoms in total. The Bertz CT molecular complexity index is 715. The first-order valence-corrected chi connectivity index (χ1v) is 11.9. The Morgan fingerprint density at radius 1 is 1.25 bits per heavy atom. The summed E-state index contributed by atoms with van der Waals surface area (Å²) in [4.78, 5) is 24.1. The zero-order chi connectivity index (χ0) is 24.1. The van der Waals surface area contributed by atoms with E-state index in [2.05, 4.69) is 32.1 Å². The van der Waals surface area contributed by atoms with Gasteiger partial charge in [0.2, 0.25) is 5.91 Å². The molecule has 0 aliphatic heterocycles. The van der Waals surface area contributed by atoms with E-state index < -0.39 is 23.5 Å². The third-order valence-electron chi connectivity index (χ3n) is 7.21. The lowest BCUT2D eigenvalue weighted by molar-refractivity contribution is -0.164. The molecule has 0 saturated carbocycles. The first kappa shape index (κ1) is 26.6. The summed E-state index contributed by atoms with van der Waals surface area (Å²) < 4.78 is 6.11. The standard InChI is InChI=1S/C25H41NO6/c1-6-25(4,5)24(30)32-21-12-15(2)11-17-8-7-16(3)20(23(17)21)10-9-18(27)13-19(28)14-22(29)26-31/h7-8,11,15-16,18-21,23,27-28,31H,6,9-10,12-14H2,1-5H3,(H,26,29)/t15-,16?,18+,19+,20-,21-,23-/m0/s1. The second-order valence-corrected chi connectivity index (χ2v) is 10.3. The van der Waals surface area contributed by atoms with Gasteiger partial charge >= 0.3 is 5.97 Å². The largest absolute Gasteiger partial charge is 0.461 e. The molecule has 1 amide bonds. The van der Waals surface area contributed by atoms with Gasteiger partial charge in [0, 0.05) is 5.92 Å². The minimum absolute atomic E-state index is 0.0673. The van der Waals surface area contributed by atoms with E-state index in [1.165, 1.54) is 11.1 Å². The van der Waals surface area contributed by atoms with E-state index in [1.54, 1.807) is 0 Å². The molecule has 0 saturated heterocycles. The van der Waals surface area contributed by atoms with Crippen LogP contribution in [0.4, 0.5) is 0 Å². The van der Waals surface area contributed by atoms with Crippen molar-refractivity contribution >= 4 is 11.9 Å². The molecule has 0 heterocycles. The summed E-state index contributed by atoms with van der Waals surface area (Å²) in [6.07, 6.45) is 7.13.